The first-order chi connectivity index (χ1) is 19.4. The van der Waals surface area contributed by atoms with Crippen LogP contribution < -0.4 is 21.3 Å². The Hall–Kier alpha value is -3.26. The predicted octanol–water partition coefficient (Wildman–Crippen LogP) is 8.83. The molecule has 2 heteroatoms. The van der Waals surface area contributed by atoms with Gasteiger partial charge in [-0.2, -0.15) is 0 Å². The van der Waals surface area contributed by atoms with Crippen molar-refractivity contribution in [3.05, 3.63) is 106 Å². The topological polar surface area (TPSA) is 3.24 Å². The zero-order chi connectivity index (χ0) is 30.6. The third-order valence-electron chi connectivity index (χ3n) is 9.81. The van der Waals surface area contributed by atoms with Crippen LogP contribution in [-0.4, -0.2) is 6.71 Å². The van der Waals surface area contributed by atoms with E-state index in [1.807, 2.05) is 0 Å². The molecule has 42 heavy (non-hydrogen) atoms. The Kier molecular flexibility index (Phi) is 6.26. The number of nitrogens with zero attached hydrogens (tertiary/aromatic N) is 1. The highest BCUT2D eigenvalue weighted by Crippen LogP contribution is 2.46. The number of hydrogen-bond donors (Lipinski definition) is 0. The molecule has 0 aliphatic carbocycles. The van der Waals surface area contributed by atoms with Crippen LogP contribution >= 0.6 is 0 Å². The molecule has 0 spiro atoms. The number of hydrogen-bond acceptors (Lipinski definition) is 1. The predicted molar refractivity (Wildman–Crippen MR) is 185 cm³/mol. The lowest BCUT2D eigenvalue weighted by Gasteiger charge is -2.48. The van der Waals surface area contributed by atoms with Gasteiger partial charge in [-0.15, -0.1) is 0 Å². The Morgan fingerprint density at radius 2 is 1.19 bits per heavy atom. The van der Waals surface area contributed by atoms with E-state index in [1.165, 1.54) is 66.8 Å². The maximum absolute atomic E-state index is 2.55. The molecule has 0 atom stereocenters. The average molecular weight is 554 g/mol. The van der Waals surface area contributed by atoms with Crippen molar-refractivity contribution in [2.24, 2.45) is 0 Å². The van der Waals surface area contributed by atoms with E-state index in [2.05, 4.69) is 161 Å². The minimum Gasteiger partial charge on any atom is -0.312 e. The number of benzene rings is 4. The van der Waals surface area contributed by atoms with Crippen LogP contribution in [0.2, 0.25) is 0 Å². The van der Waals surface area contributed by atoms with Crippen molar-refractivity contribution in [1.29, 1.82) is 0 Å². The van der Waals surface area contributed by atoms with Crippen LogP contribution in [0.3, 0.4) is 0 Å². The van der Waals surface area contributed by atoms with Crippen molar-refractivity contribution < 1.29 is 0 Å². The smallest absolute Gasteiger partial charge is 0.247 e. The van der Waals surface area contributed by atoms with Crippen molar-refractivity contribution in [3.63, 3.8) is 0 Å². The second-order valence-corrected chi connectivity index (χ2v) is 16.5. The monoisotopic (exact) mass is 553 g/mol. The number of rotatable bonds is 1. The first-order valence-corrected chi connectivity index (χ1v) is 15.7. The molecule has 4 aromatic carbocycles. The molecule has 2 heterocycles. The van der Waals surface area contributed by atoms with Gasteiger partial charge in [0, 0.05) is 22.5 Å². The Morgan fingerprint density at radius 3 is 1.79 bits per heavy atom. The molecule has 0 aromatic heterocycles. The Balaban J connectivity index is 1.75. The summed E-state index contributed by atoms with van der Waals surface area (Å²) in [7, 11) is 0. The summed E-state index contributed by atoms with van der Waals surface area (Å²) in [5.41, 5.74) is 16.8. The number of anilines is 3. The van der Waals surface area contributed by atoms with Gasteiger partial charge < -0.3 is 4.90 Å². The summed E-state index contributed by atoms with van der Waals surface area (Å²) in [4.78, 5) is 2.55. The fraction of sp³-hybridized carbons (Fsp3) is 0.400. The molecular formula is C40H48BN. The van der Waals surface area contributed by atoms with Gasteiger partial charge in [0.05, 0.1) is 0 Å². The maximum Gasteiger partial charge on any atom is 0.247 e. The lowest BCUT2D eigenvalue weighted by Crippen LogP contribution is -2.64. The van der Waals surface area contributed by atoms with E-state index in [1.54, 1.807) is 0 Å². The van der Waals surface area contributed by atoms with Crippen LogP contribution in [0.4, 0.5) is 17.1 Å². The van der Waals surface area contributed by atoms with Crippen LogP contribution in [0.5, 0.6) is 0 Å². The zero-order valence-corrected chi connectivity index (χ0v) is 28.0. The highest BCUT2D eigenvalue weighted by atomic mass is 15.2. The molecule has 0 saturated heterocycles. The maximum atomic E-state index is 2.55. The summed E-state index contributed by atoms with van der Waals surface area (Å²) in [6.07, 6.45) is 0. The summed E-state index contributed by atoms with van der Waals surface area (Å²) in [5, 5.41) is 0. The molecule has 0 N–H and O–H groups in total. The van der Waals surface area contributed by atoms with Gasteiger partial charge in [0.15, 0.2) is 0 Å². The lowest BCUT2D eigenvalue weighted by molar-refractivity contribution is 0.552. The molecule has 0 saturated carbocycles. The van der Waals surface area contributed by atoms with Crippen LogP contribution in [-0.2, 0) is 21.7 Å². The third-order valence-corrected chi connectivity index (χ3v) is 9.81. The van der Waals surface area contributed by atoms with Gasteiger partial charge in [0.1, 0.15) is 0 Å². The number of aryl methyl sites for hydroxylation is 1. The van der Waals surface area contributed by atoms with Gasteiger partial charge in [-0.1, -0.05) is 136 Å². The highest BCUT2D eigenvalue weighted by Gasteiger charge is 2.48. The molecule has 0 unspecified atom stereocenters. The van der Waals surface area contributed by atoms with E-state index < -0.39 is 0 Å². The van der Waals surface area contributed by atoms with Crippen LogP contribution in [0.1, 0.15) is 110 Å². The van der Waals surface area contributed by atoms with E-state index in [4.69, 9.17) is 0 Å². The Labute approximate surface area is 255 Å². The summed E-state index contributed by atoms with van der Waals surface area (Å²) in [6, 6.07) is 28.6. The van der Waals surface area contributed by atoms with Gasteiger partial charge in [0.2, 0.25) is 6.71 Å². The van der Waals surface area contributed by atoms with Crippen LogP contribution in [0.25, 0.3) is 0 Å². The van der Waals surface area contributed by atoms with Crippen LogP contribution in [0.15, 0.2) is 72.8 Å². The standard InChI is InChI=1S/C40H48BN/c1-25-13-19-29-31(23-25)41-32-24-27(38(5,6)7)16-21-33(32)42(28-17-14-26(15-18-28)37(2,3)4)34-22-20-30(39(8,9)10)35(36(34)41)40(29,11)12/h13-24H,1-12H3. The zero-order valence-electron chi connectivity index (χ0n) is 28.0. The molecule has 2 aliphatic rings. The van der Waals surface area contributed by atoms with E-state index in [-0.39, 0.29) is 28.4 Å². The van der Waals surface area contributed by atoms with E-state index in [0.29, 0.717) is 0 Å². The van der Waals surface area contributed by atoms with E-state index >= 15 is 0 Å². The molecule has 4 aromatic rings. The Bertz CT molecular complexity index is 1700. The highest BCUT2D eigenvalue weighted by molar-refractivity contribution is 6.99. The largest absolute Gasteiger partial charge is 0.312 e. The second-order valence-electron chi connectivity index (χ2n) is 16.5. The van der Waals surface area contributed by atoms with Crippen molar-refractivity contribution >= 4 is 40.2 Å². The first-order valence-electron chi connectivity index (χ1n) is 15.7. The first kappa shape index (κ1) is 28.8. The van der Waals surface area contributed by atoms with Crippen molar-refractivity contribution in [2.75, 3.05) is 4.90 Å². The van der Waals surface area contributed by atoms with Gasteiger partial charge in [-0.25, -0.2) is 0 Å². The summed E-state index contributed by atoms with van der Waals surface area (Å²) in [5.74, 6) is 0. The van der Waals surface area contributed by atoms with Crippen molar-refractivity contribution in [2.45, 2.75) is 105 Å². The number of fused-ring (bicyclic) bond motifs is 4. The minimum absolute atomic E-state index is 0.0289. The summed E-state index contributed by atoms with van der Waals surface area (Å²) in [6.45, 7) is 28.3. The molecule has 0 fully saturated rings. The molecular weight excluding hydrogens is 505 g/mol. The molecule has 0 radical (unpaired) electrons. The molecule has 216 valence electrons. The molecule has 6 rings (SSSR count). The fourth-order valence-electron chi connectivity index (χ4n) is 7.47. The normalized spacial score (nSPS) is 15.7. The summed E-state index contributed by atoms with van der Waals surface area (Å²) >= 11 is 0. The van der Waals surface area contributed by atoms with Gasteiger partial charge in [0.25, 0.3) is 0 Å². The second kappa shape index (κ2) is 9.12. The van der Waals surface area contributed by atoms with Gasteiger partial charge in [-0.05, 0) is 86.2 Å². The molecule has 1 nitrogen and oxygen atoms in total. The summed E-state index contributed by atoms with van der Waals surface area (Å²) < 4.78 is 0. The molecule has 2 aliphatic heterocycles. The lowest BCUT2D eigenvalue weighted by atomic mass is 9.29. The SMILES string of the molecule is Cc1ccc2c(c1)B1c3cc(C(C)(C)C)ccc3N(c3ccc(C(C)(C)C)cc3)c3ccc(C(C)(C)C)c(c31)C2(C)C. The van der Waals surface area contributed by atoms with E-state index in [0.717, 1.165) is 0 Å². The van der Waals surface area contributed by atoms with E-state index in [9.17, 15) is 0 Å². The van der Waals surface area contributed by atoms with Crippen molar-refractivity contribution in [3.8, 4) is 0 Å². The third kappa shape index (κ3) is 4.36. The quantitative estimate of drug-likeness (QED) is 0.188. The molecule has 0 bridgehead atoms. The van der Waals surface area contributed by atoms with Gasteiger partial charge in [-0.3, -0.25) is 0 Å². The fourth-order valence-corrected chi connectivity index (χ4v) is 7.47. The minimum atomic E-state index is -0.117. The van der Waals surface area contributed by atoms with Crippen molar-refractivity contribution in [1.82, 2.24) is 0 Å². The van der Waals surface area contributed by atoms with Gasteiger partial charge >= 0.3 is 0 Å². The average Bonchev–Trinajstić information content (AvgIpc) is 2.88. The Morgan fingerprint density at radius 1 is 0.595 bits per heavy atom. The van der Waals surface area contributed by atoms with Crippen LogP contribution in [0, 0.1) is 6.92 Å². The molecule has 0 amide bonds.